The summed E-state index contributed by atoms with van der Waals surface area (Å²) in [6.07, 6.45) is 0. The van der Waals surface area contributed by atoms with E-state index in [4.69, 9.17) is 0 Å². The number of anilines is 1. The standard InChI is InChI=1S/C7H7NS3/c9-7-8(10)5-3-1-2-4-6(5)11-7/h1-4,7,9-10H. The number of hydrogen-bond acceptors (Lipinski definition) is 4. The Kier molecular flexibility index (Phi) is 1.99. The number of fused-ring (bicyclic) bond motifs is 1. The predicted octanol–water partition coefficient (Wildman–Crippen LogP) is 2.66. The molecule has 1 aliphatic rings. The predicted molar refractivity (Wildman–Crippen MR) is 56.5 cm³/mol. The molecule has 0 aromatic heterocycles. The van der Waals surface area contributed by atoms with E-state index in [1.807, 2.05) is 22.5 Å². The van der Waals surface area contributed by atoms with E-state index in [0.717, 1.165) is 5.69 Å². The molecule has 0 aliphatic carbocycles. The topological polar surface area (TPSA) is 3.24 Å². The Balaban J connectivity index is 2.47. The quantitative estimate of drug-likeness (QED) is 0.621. The number of thiol groups is 2. The molecule has 2 rings (SSSR count). The van der Waals surface area contributed by atoms with Gasteiger partial charge < -0.3 is 0 Å². The monoisotopic (exact) mass is 201 g/mol. The van der Waals surface area contributed by atoms with Gasteiger partial charge in [-0.1, -0.05) is 36.7 Å². The summed E-state index contributed by atoms with van der Waals surface area (Å²) in [6.45, 7) is 0. The van der Waals surface area contributed by atoms with Gasteiger partial charge in [0.2, 0.25) is 0 Å². The van der Waals surface area contributed by atoms with E-state index < -0.39 is 0 Å². The Morgan fingerprint density at radius 3 is 2.82 bits per heavy atom. The third-order valence-electron chi connectivity index (χ3n) is 1.55. The number of hydrogen-bond donors (Lipinski definition) is 2. The van der Waals surface area contributed by atoms with Gasteiger partial charge >= 0.3 is 0 Å². The van der Waals surface area contributed by atoms with Crippen molar-refractivity contribution in [2.24, 2.45) is 0 Å². The minimum Gasteiger partial charge on any atom is -0.295 e. The number of rotatable bonds is 0. The summed E-state index contributed by atoms with van der Waals surface area (Å²) >= 11 is 10.4. The molecule has 1 unspecified atom stereocenters. The summed E-state index contributed by atoms with van der Waals surface area (Å²) < 4.78 is 2.01. The third kappa shape index (κ3) is 1.23. The van der Waals surface area contributed by atoms with Crippen LogP contribution in [0.25, 0.3) is 0 Å². The van der Waals surface area contributed by atoms with Crippen molar-refractivity contribution in [3.63, 3.8) is 0 Å². The van der Waals surface area contributed by atoms with Crippen molar-refractivity contribution in [2.45, 2.75) is 9.60 Å². The first-order chi connectivity index (χ1) is 5.29. The Labute approximate surface area is 81.1 Å². The van der Waals surface area contributed by atoms with Crippen molar-refractivity contribution in [1.82, 2.24) is 0 Å². The highest BCUT2D eigenvalue weighted by Gasteiger charge is 2.24. The van der Waals surface area contributed by atoms with Gasteiger partial charge in [0.05, 0.1) is 5.69 Å². The fraction of sp³-hybridized carbons (Fsp3) is 0.143. The normalized spacial score (nSPS) is 22.0. The molecule has 0 N–H and O–H groups in total. The molecule has 1 aliphatic heterocycles. The summed E-state index contributed by atoms with van der Waals surface area (Å²) in [5.41, 5.74) is 1.15. The lowest BCUT2D eigenvalue weighted by Crippen LogP contribution is -2.11. The van der Waals surface area contributed by atoms with E-state index >= 15 is 0 Å². The van der Waals surface area contributed by atoms with Gasteiger partial charge in [0.15, 0.2) is 0 Å². The highest BCUT2D eigenvalue weighted by atomic mass is 32.2. The minimum absolute atomic E-state index is 0.149. The van der Waals surface area contributed by atoms with E-state index in [2.05, 4.69) is 31.5 Å². The van der Waals surface area contributed by atoms with Gasteiger partial charge in [0.1, 0.15) is 4.71 Å². The highest BCUT2D eigenvalue weighted by Crippen LogP contribution is 2.45. The molecule has 4 heteroatoms. The summed E-state index contributed by atoms with van der Waals surface area (Å²) in [7, 11) is 0. The molecule has 0 saturated heterocycles. The van der Waals surface area contributed by atoms with Crippen LogP contribution in [0.3, 0.4) is 0 Å². The van der Waals surface area contributed by atoms with E-state index in [1.54, 1.807) is 11.8 Å². The second-order valence-electron chi connectivity index (χ2n) is 2.26. The molecule has 1 nitrogen and oxygen atoms in total. The molecule has 0 spiro atoms. The summed E-state index contributed by atoms with van der Waals surface area (Å²) in [5.74, 6) is 0. The Morgan fingerprint density at radius 2 is 2.09 bits per heavy atom. The van der Waals surface area contributed by atoms with Crippen molar-refractivity contribution in [3.8, 4) is 0 Å². The lowest BCUT2D eigenvalue weighted by Gasteiger charge is -2.13. The lowest BCUT2D eigenvalue weighted by molar-refractivity contribution is 1.28. The summed E-state index contributed by atoms with van der Waals surface area (Å²) in [6, 6.07) is 8.17. The van der Waals surface area contributed by atoms with Gasteiger partial charge in [-0.3, -0.25) is 4.31 Å². The first kappa shape index (κ1) is 7.71. The molecule has 0 bridgehead atoms. The van der Waals surface area contributed by atoms with Crippen LogP contribution in [0.15, 0.2) is 29.2 Å². The Bertz CT molecular complexity index is 276. The minimum atomic E-state index is 0.149. The molecule has 0 saturated carbocycles. The maximum Gasteiger partial charge on any atom is 0.134 e. The fourth-order valence-corrected chi connectivity index (χ4v) is 2.76. The molecule has 1 heterocycles. The fourth-order valence-electron chi connectivity index (χ4n) is 1.03. The lowest BCUT2D eigenvalue weighted by atomic mass is 10.3. The van der Waals surface area contributed by atoms with Crippen LogP contribution in [-0.2, 0) is 0 Å². The van der Waals surface area contributed by atoms with Crippen molar-refractivity contribution < 1.29 is 0 Å². The zero-order valence-corrected chi connectivity index (χ0v) is 8.24. The van der Waals surface area contributed by atoms with Crippen LogP contribution in [0.2, 0.25) is 0 Å². The maximum atomic E-state index is 4.34. The summed E-state index contributed by atoms with van der Waals surface area (Å²) in [4.78, 5) is 1.25. The van der Waals surface area contributed by atoms with Gasteiger partial charge in [0.25, 0.3) is 0 Å². The van der Waals surface area contributed by atoms with Crippen LogP contribution >= 0.6 is 37.2 Å². The molecular formula is C7H7NS3. The van der Waals surface area contributed by atoms with Gasteiger partial charge in [-0.15, -0.1) is 12.6 Å². The smallest absolute Gasteiger partial charge is 0.134 e. The van der Waals surface area contributed by atoms with Crippen molar-refractivity contribution in [1.29, 1.82) is 0 Å². The molecule has 0 radical (unpaired) electrons. The van der Waals surface area contributed by atoms with Crippen molar-refractivity contribution in [3.05, 3.63) is 24.3 Å². The van der Waals surface area contributed by atoms with Crippen LogP contribution < -0.4 is 4.31 Å². The van der Waals surface area contributed by atoms with Crippen LogP contribution in [-0.4, -0.2) is 4.71 Å². The van der Waals surface area contributed by atoms with Crippen molar-refractivity contribution >= 4 is 42.9 Å². The maximum absolute atomic E-state index is 4.34. The van der Waals surface area contributed by atoms with Gasteiger partial charge in [0, 0.05) is 4.90 Å². The van der Waals surface area contributed by atoms with Gasteiger partial charge in [-0.25, -0.2) is 0 Å². The molecule has 1 atom stereocenters. The van der Waals surface area contributed by atoms with Crippen LogP contribution in [0.5, 0.6) is 0 Å². The Hall–Kier alpha value is 0.0700. The number of nitrogens with zero attached hydrogens (tertiary/aromatic N) is 1. The van der Waals surface area contributed by atoms with Crippen molar-refractivity contribution in [2.75, 3.05) is 4.31 Å². The largest absolute Gasteiger partial charge is 0.295 e. The van der Waals surface area contributed by atoms with Gasteiger partial charge in [-0.2, -0.15) is 0 Å². The SMILES string of the molecule is SC1Sc2ccccc2N1S. The number of para-hydroxylation sites is 1. The molecule has 0 amide bonds. The van der Waals surface area contributed by atoms with E-state index in [0.29, 0.717) is 0 Å². The number of thioether (sulfide) groups is 1. The molecule has 0 fully saturated rings. The number of benzene rings is 1. The second-order valence-corrected chi connectivity index (χ2v) is 4.65. The first-order valence-corrected chi connectivity index (χ1v) is 5.00. The van der Waals surface area contributed by atoms with Crippen LogP contribution in [0.4, 0.5) is 5.69 Å². The van der Waals surface area contributed by atoms with Crippen LogP contribution in [0.1, 0.15) is 0 Å². The molecule has 1 aromatic rings. The second kappa shape index (κ2) is 2.84. The molecule has 58 valence electrons. The molecular weight excluding hydrogens is 194 g/mol. The zero-order chi connectivity index (χ0) is 7.84. The zero-order valence-electron chi connectivity index (χ0n) is 5.64. The summed E-state index contributed by atoms with van der Waals surface area (Å²) in [5, 5.41) is 0. The van der Waals surface area contributed by atoms with E-state index in [-0.39, 0.29) is 4.71 Å². The molecule has 11 heavy (non-hydrogen) atoms. The highest BCUT2D eigenvalue weighted by molar-refractivity contribution is 8.12. The van der Waals surface area contributed by atoms with Gasteiger partial charge in [-0.05, 0) is 12.1 Å². The first-order valence-electron chi connectivity index (χ1n) is 3.21. The average molecular weight is 201 g/mol. The van der Waals surface area contributed by atoms with E-state index in [9.17, 15) is 0 Å². The average Bonchev–Trinajstić information content (AvgIpc) is 2.30. The van der Waals surface area contributed by atoms with Crippen LogP contribution in [0, 0.1) is 0 Å². The van der Waals surface area contributed by atoms with E-state index in [1.165, 1.54) is 4.90 Å². The molecule has 1 aromatic carbocycles. The third-order valence-corrected chi connectivity index (χ3v) is 3.91. The Morgan fingerprint density at radius 1 is 1.36 bits per heavy atom.